The molecule has 16 heteroatoms. The summed E-state index contributed by atoms with van der Waals surface area (Å²) in [7, 11) is 1.18. The number of esters is 1. The normalized spacial score (nSPS) is 14.2. The van der Waals surface area contributed by atoms with Crippen molar-refractivity contribution in [3.8, 4) is 6.07 Å². The number of H-pyrrole nitrogens is 1. The number of nitriles is 1. The number of allylic oxidation sites excluding steroid dienone is 1. The van der Waals surface area contributed by atoms with E-state index in [9.17, 15) is 33.1 Å². The number of carbonyl (C=O) groups is 2. The largest absolute Gasteiger partial charge is 0.554 e. The van der Waals surface area contributed by atoms with Crippen LogP contribution in [0, 0.1) is 11.3 Å². The Morgan fingerprint density at radius 3 is 2.67 bits per heavy atom. The molecule has 4 aromatic rings. The summed E-state index contributed by atoms with van der Waals surface area (Å²) in [5.74, 6) is -0.811. The van der Waals surface area contributed by atoms with E-state index in [2.05, 4.69) is 16.3 Å². The Balaban J connectivity index is 0.00000154. The van der Waals surface area contributed by atoms with E-state index in [-0.39, 0.29) is 29.5 Å². The third-order valence-corrected chi connectivity index (χ3v) is 7.29. The predicted octanol–water partition coefficient (Wildman–Crippen LogP) is 1.34. The van der Waals surface area contributed by atoms with Crippen molar-refractivity contribution in [3.63, 3.8) is 0 Å². The number of halogens is 3. The van der Waals surface area contributed by atoms with Gasteiger partial charge in [-0.1, -0.05) is 12.1 Å². The number of nitrogens with zero attached hydrogens (tertiary/aromatic N) is 6. The first kappa shape index (κ1) is 33.2. The average Bonchev–Trinajstić information content (AvgIpc) is 3.65. The second-order valence-electron chi connectivity index (χ2n) is 9.96. The number of nitrogens with one attached hydrogen (secondary N) is 1. The number of hydrogen-bond donors (Lipinski definition) is 2. The van der Waals surface area contributed by atoms with Crippen LogP contribution in [0.1, 0.15) is 35.2 Å². The van der Waals surface area contributed by atoms with E-state index >= 15 is 0 Å². The minimum atomic E-state index is -4.63. The maximum absolute atomic E-state index is 13.6. The molecule has 0 saturated carbocycles. The third-order valence-electron chi connectivity index (χ3n) is 7.29. The van der Waals surface area contributed by atoms with Gasteiger partial charge in [0.25, 0.3) is 0 Å². The first-order chi connectivity index (χ1) is 22.0. The highest BCUT2D eigenvalue weighted by atomic mass is 19.4. The van der Waals surface area contributed by atoms with E-state index in [1.54, 1.807) is 25.1 Å². The maximum atomic E-state index is 13.6. The number of fused-ring (bicyclic) bond motifs is 1. The zero-order valence-electron chi connectivity index (χ0n) is 24.6. The second-order valence-corrected chi connectivity index (χ2v) is 9.96. The molecule has 13 nitrogen and oxygen atoms in total. The molecule has 1 aliphatic heterocycles. The standard InChI is InChI=1S/C29H26F3N7O4.CH2O2/c1-18-24(26(41)43-2)25(23-7-6-19(16-33)14-20(23)8-9-36-10-11-37(17-36)12-13-40)39-27(34-35-28(39)42)38(18)22-5-3-4-21(15-22)29(30,31)32;2-1-3/h3-7,10-11,14-15,17,25,40H,8-9,12-13H2,1-2H3;1H,(H,2,3). The number of imidazole rings is 1. The first-order valence-corrected chi connectivity index (χ1v) is 13.7. The molecule has 1 unspecified atom stereocenters. The van der Waals surface area contributed by atoms with Crippen LogP contribution >= 0.6 is 0 Å². The van der Waals surface area contributed by atoms with Crippen LogP contribution in [-0.4, -0.2) is 50.6 Å². The van der Waals surface area contributed by atoms with E-state index in [1.165, 1.54) is 28.7 Å². The summed E-state index contributed by atoms with van der Waals surface area (Å²) in [4.78, 5) is 36.2. The fraction of sp³-hybridized carbons (Fsp3) is 0.267. The average molecular weight is 640 g/mol. The third kappa shape index (κ3) is 6.69. The Bertz CT molecular complexity index is 1870. The molecule has 0 bridgehead atoms. The van der Waals surface area contributed by atoms with Crippen LogP contribution in [0.2, 0.25) is 0 Å². The minimum absolute atomic E-state index is 0.0172. The first-order valence-electron chi connectivity index (χ1n) is 13.7. The van der Waals surface area contributed by atoms with Crippen molar-refractivity contribution < 1.29 is 42.3 Å². The summed E-state index contributed by atoms with van der Waals surface area (Å²) < 4.78 is 50.8. The highest BCUT2D eigenvalue weighted by molar-refractivity contribution is 5.93. The summed E-state index contributed by atoms with van der Waals surface area (Å²) in [5, 5.41) is 33.6. The van der Waals surface area contributed by atoms with Crippen molar-refractivity contribution >= 4 is 24.1 Å². The van der Waals surface area contributed by atoms with Gasteiger partial charge >= 0.3 is 17.8 Å². The molecule has 240 valence electrons. The molecule has 0 amide bonds. The molecular formula is C30H28F3N7O6. The monoisotopic (exact) mass is 639 g/mol. The van der Waals surface area contributed by atoms with Gasteiger partial charge in [-0.15, -0.1) is 5.10 Å². The number of methoxy groups -OCH3 is 1. The maximum Gasteiger partial charge on any atom is 0.416 e. The lowest BCUT2D eigenvalue weighted by atomic mass is 9.89. The number of aliphatic hydroxyl groups excluding tert-OH is 1. The lowest BCUT2D eigenvalue weighted by Crippen LogP contribution is -2.38. The molecule has 0 spiro atoms. The zero-order chi connectivity index (χ0) is 33.6. The number of aryl methyl sites for hydroxylation is 2. The van der Waals surface area contributed by atoms with Crippen LogP contribution < -0.4 is 20.3 Å². The fourth-order valence-corrected chi connectivity index (χ4v) is 5.31. The number of anilines is 2. The number of ether oxygens (including phenoxy) is 1. The van der Waals surface area contributed by atoms with E-state index < -0.39 is 35.9 Å². The van der Waals surface area contributed by atoms with Crippen molar-refractivity contribution in [2.75, 3.05) is 18.6 Å². The summed E-state index contributed by atoms with van der Waals surface area (Å²) >= 11 is 0. The topological polar surface area (TPSA) is 173 Å². The number of carboxylic acid groups (broad SMARTS) is 1. The summed E-state index contributed by atoms with van der Waals surface area (Å²) in [5.41, 5.74) is 0.201. The molecule has 2 aromatic heterocycles. The summed E-state index contributed by atoms with van der Waals surface area (Å²) in [6.45, 7) is 1.91. The van der Waals surface area contributed by atoms with Gasteiger partial charge in [-0.3, -0.25) is 4.90 Å². The van der Waals surface area contributed by atoms with E-state index in [0.29, 0.717) is 36.2 Å². The van der Waals surface area contributed by atoms with E-state index in [0.717, 1.165) is 12.1 Å². The van der Waals surface area contributed by atoms with Gasteiger partial charge in [-0.2, -0.15) is 18.4 Å². The van der Waals surface area contributed by atoms with Gasteiger partial charge in [-0.05, 0) is 48.4 Å². The van der Waals surface area contributed by atoms with Crippen molar-refractivity contribution in [1.29, 1.82) is 5.26 Å². The smallest absolute Gasteiger partial charge is 0.416 e. The molecule has 0 aliphatic carbocycles. The molecule has 0 fully saturated rings. The number of aromatic nitrogens is 5. The van der Waals surface area contributed by atoms with Gasteiger partial charge in [0.15, 0.2) is 0 Å². The molecule has 2 N–H and O–H groups in total. The van der Waals surface area contributed by atoms with Crippen molar-refractivity contribution in [1.82, 2.24) is 19.3 Å². The molecule has 0 radical (unpaired) electrons. The molecule has 5 rings (SSSR count). The molecule has 3 heterocycles. The quantitative estimate of drug-likeness (QED) is 0.164. The van der Waals surface area contributed by atoms with E-state index in [1.807, 2.05) is 27.9 Å². The van der Waals surface area contributed by atoms with Crippen LogP contribution in [0.15, 0.2) is 77.3 Å². The number of benzene rings is 2. The summed E-state index contributed by atoms with van der Waals surface area (Å²) in [6.07, 6.45) is 1.23. The number of aromatic amines is 1. The van der Waals surface area contributed by atoms with Crippen LogP contribution in [-0.2, 0) is 40.0 Å². The number of carbonyl (C=O) groups excluding carboxylic acids is 2. The van der Waals surface area contributed by atoms with Gasteiger partial charge in [0.1, 0.15) is 25.0 Å². The SMILES string of the molecule is COC(=O)C1=C(C)N(c2cccc(C(F)(F)F)c2)c2n[nH]c(=O)n2C1c1ccc(C#N)cc1CCn1cc[n+](CCO)c1.O=C[O-]. The second kappa shape index (κ2) is 13.9. The van der Waals surface area contributed by atoms with Crippen molar-refractivity contribution in [2.24, 2.45) is 0 Å². The fourth-order valence-electron chi connectivity index (χ4n) is 5.31. The molecule has 1 atom stereocenters. The highest BCUT2D eigenvalue weighted by Gasteiger charge is 2.41. The zero-order valence-corrected chi connectivity index (χ0v) is 24.6. The highest BCUT2D eigenvalue weighted by Crippen LogP contribution is 2.43. The van der Waals surface area contributed by atoms with Gasteiger partial charge < -0.3 is 19.7 Å². The molecule has 2 aromatic carbocycles. The predicted molar refractivity (Wildman–Crippen MR) is 152 cm³/mol. The van der Waals surface area contributed by atoms with Crippen molar-refractivity contribution in [3.05, 3.63) is 105 Å². The number of aliphatic hydroxyl groups is 1. The Labute approximate surface area is 259 Å². The Hall–Kier alpha value is -5.69. The molecular weight excluding hydrogens is 611 g/mol. The van der Waals surface area contributed by atoms with Crippen LogP contribution in [0.5, 0.6) is 0 Å². The van der Waals surface area contributed by atoms with Crippen LogP contribution in [0.25, 0.3) is 0 Å². The van der Waals surface area contributed by atoms with E-state index in [4.69, 9.17) is 14.6 Å². The lowest BCUT2D eigenvalue weighted by Gasteiger charge is -2.36. The molecule has 0 saturated heterocycles. The lowest BCUT2D eigenvalue weighted by molar-refractivity contribution is -0.697. The number of hydrogen-bond acceptors (Lipinski definition) is 9. The van der Waals surface area contributed by atoms with Gasteiger partial charge in [0, 0.05) is 24.3 Å². The number of alkyl halides is 3. The minimum Gasteiger partial charge on any atom is -0.554 e. The Morgan fingerprint density at radius 2 is 2.02 bits per heavy atom. The Morgan fingerprint density at radius 1 is 1.28 bits per heavy atom. The number of rotatable bonds is 8. The summed E-state index contributed by atoms with van der Waals surface area (Å²) in [6, 6.07) is 10.4. The van der Waals surface area contributed by atoms with Gasteiger partial charge in [0.05, 0.1) is 43.0 Å². The molecule has 46 heavy (non-hydrogen) atoms. The van der Waals surface area contributed by atoms with Crippen molar-refractivity contribution in [2.45, 2.75) is 38.7 Å². The molecule has 1 aliphatic rings. The van der Waals surface area contributed by atoms with Gasteiger partial charge in [-0.25, -0.2) is 28.4 Å². The van der Waals surface area contributed by atoms with Gasteiger partial charge in [0.2, 0.25) is 12.3 Å². The van der Waals surface area contributed by atoms with Crippen LogP contribution in [0.4, 0.5) is 24.8 Å². The Kier molecular flexibility index (Phi) is 10.1. The van der Waals surface area contributed by atoms with Crippen LogP contribution in [0.3, 0.4) is 0 Å².